The monoisotopic (exact) mass is 332 g/mol. The van der Waals surface area contributed by atoms with Crippen LogP contribution in [0.1, 0.15) is 30.1 Å². The second-order valence-corrected chi connectivity index (χ2v) is 5.60. The van der Waals surface area contributed by atoms with Crippen molar-refractivity contribution in [2.24, 2.45) is 0 Å². The van der Waals surface area contributed by atoms with Gasteiger partial charge in [0.25, 0.3) is 5.91 Å². The van der Waals surface area contributed by atoms with Gasteiger partial charge in [-0.05, 0) is 60.9 Å². The predicted octanol–water partition coefficient (Wildman–Crippen LogP) is 2.74. The van der Waals surface area contributed by atoms with Crippen LogP contribution < -0.4 is 10.6 Å². The summed E-state index contributed by atoms with van der Waals surface area (Å²) in [6.45, 7) is 4.04. The molecule has 3 nitrogen and oxygen atoms in total. The maximum atomic E-state index is 12.2. The number of halogens is 2. The molecule has 0 aromatic heterocycles. The molecular formula is C13H18BrClN2O. The molecule has 1 fully saturated rings. The number of benzene rings is 1. The highest BCUT2D eigenvalue weighted by Crippen LogP contribution is 2.20. The van der Waals surface area contributed by atoms with Gasteiger partial charge in [-0.1, -0.05) is 12.1 Å². The van der Waals surface area contributed by atoms with E-state index in [2.05, 4.69) is 33.5 Å². The van der Waals surface area contributed by atoms with Gasteiger partial charge >= 0.3 is 0 Å². The van der Waals surface area contributed by atoms with Crippen molar-refractivity contribution >= 4 is 34.2 Å². The number of nitrogens with one attached hydrogen (secondary N) is 2. The van der Waals surface area contributed by atoms with Gasteiger partial charge in [-0.3, -0.25) is 4.79 Å². The molecule has 18 heavy (non-hydrogen) atoms. The summed E-state index contributed by atoms with van der Waals surface area (Å²) in [6.07, 6.45) is 1.95. The third kappa shape index (κ3) is 3.70. The van der Waals surface area contributed by atoms with E-state index in [4.69, 9.17) is 0 Å². The van der Waals surface area contributed by atoms with Crippen LogP contribution in [0.3, 0.4) is 0 Å². The first-order valence-corrected chi connectivity index (χ1v) is 6.68. The highest BCUT2D eigenvalue weighted by Gasteiger charge is 2.28. The van der Waals surface area contributed by atoms with E-state index in [1.165, 1.54) is 0 Å². The second kappa shape index (κ2) is 6.55. The van der Waals surface area contributed by atoms with E-state index in [0.717, 1.165) is 30.4 Å². The van der Waals surface area contributed by atoms with E-state index in [1.807, 2.05) is 24.3 Å². The topological polar surface area (TPSA) is 41.1 Å². The summed E-state index contributed by atoms with van der Waals surface area (Å²) in [5.74, 6) is 0.00174. The first-order chi connectivity index (χ1) is 8.11. The van der Waals surface area contributed by atoms with Crippen LogP contribution in [0.25, 0.3) is 0 Å². The highest BCUT2D eigenvalue weighted by atomic mass is 79.9. The molecule has 1 amide bonds. The van der Waals surface area contributed by atoms with Gasteiger partial charge in [0.05, 0.1) is 5.56 Å². The van der Waals surface area contributed by atoms with Crippen LogP contribution in [0, 0.1) is 0 Å². The number of hydrogen-bond donors (Lipinski definition) is 2. The zero-order chi connectivity index (χ0) is 12.3. The average molecular weight is 334 g/mol. The van der Waals surface area contributed by atoms with Crippen LogP contribution in [-0.2, 0) is 0 Å². The standard InChI is InChI=1S/C13H17BrN2O.ClH/c1-13(6-8-15-9-7-13)16-12(17)10-4-2-3-5-11(10)14;/h2-5,15H,6-9H2,1H3,(H,16,17);1H. The Bertz CT molecular complexity index is 419. The minimum Gasteiger partial charge on any atom is -0.347 e. The minimum absolute atomic E-state index is 0. The first kappa shape index (κ1) is 15.5. The van der Waals surface area contributed by atoms with Crippen LogP contribution in [-0.4, -0.2) is 24.5 Å². The van der Waals surface area contributed by atoms with Gasteiger partial charge in [0.15, 0.2) is 0 Å². The summed E-state index contributed by atoms with van der Waals surface area (Å²) in [6, 6.07) is 7.51. The minimum atomic E-state index is -0.0857. The molecule has 0 bridgehead atoms. The number of piperidine rings is 1. The molecular weight excluding hydrogens is 316 g/mol. The lowest BCUT2D eigenvalue weighted by Crippen LogP contribution is -2.52. The molecule has 1 aliphatic rings. The Morgan fingerprint density at radius 2 is 1.94 bits per heavy atom. The molecule has 1 saturated heterocycles. The third-order valence-corrected chi connectivity index (χ3v) is 3.93. The number of hydrogen-bond acceptors (Lipinski definition) is 2. The summed E-state index contributed by atoms with van der Waals surface area (Å²) in [4.78, 5) is 12.2. The molecule has 1 heterocycles. The molecule has 0 atom stereocenters. The molecule has 0 spiro atoms. The Morgan fingerprint density at radius 3 is 2.56 bits per heavy atom. The van der Waals surface area contributed by atoms with Crippen molar-refractivity contribution in [1.82, 2.24) is 10.6 Å². The zero-order valence-electron chi connectivity index (χ0n) is 10.3. The Morgan fingerprint density at radius 1 is 1.33 bits per heavy atom. The van der Waals surface area contributed by atoms with Gasteiger partial charge < -0.3 is 10.6 Å². The molecule has 2 rings (SSSR count). The van der Waals surface area contributed by atoms with Gasteiger partial charge in [0, 0.05) is 10.0 Å². The Balaban J connectivity index is 0.00000162. The summed E-state index contributed by atoms with van der Waals surface area (Å²) in [5, 5.41) is 6.45. The van der Waals surface area contributed by atoms with E-state index < -0.39 is 0 Å². The molecule has 0 saturated carbocycles. The van der Waals surface area contributed by atoms with Crippen molar-refractivity contribution in [3.63, 3.8) is 0 Å². The van der Waals surface area contributed by atoms with Crippen molar-refractivity contribution in [2.45, 2.75) is 25.3 Å². The lowest BCUT2D eigenvalue weighted by molar-refractivity contribution is 0.0887. The molecule has 1 aliphatic heterocycles. The molecule has 0 radical (unpaired) electrons. The fraction of sp³-hybridized carbons (Fsp3) is 0.462. The van der Waals surface area contributed by atoms with Crippen LogP contribution in [0.5, 0.6) is 0 Å². The third-order valence-electron chi connectivity index (χ3n) is 3.24. The highest BCUT2D eigenvalue weighted by molar-refractivity contribution is 9.10. The molecule has 0 unspecified atom stereocenters. The molecule has 5 heteroatoms. The van der Waals surface area contributed by atoms with E-state index in [-0.39, 0.29) is 23.9 Å². The fourth-order valence-corrected chi connectivity index (χ4v) is 2.56. The van der Waals surface area contributed by atoms with Gasteiger partial charge in [0.1, 0.15) is 0 Å². The SMILES string of the molecule is CC1(NC(=O)c2ccccc2Br)CCNCC1.Cl. The molecule has 1 aromatic carbocycles. The molecule has 1 aromatic rings. The summed E-state index contributed by atoms with van der Waals surface area (Å²) >= 11 is 3.41. The zero-order valence-corrected chi connectivity index (χ0v) is 12.7. The van der Waals surface area contributed by atoms with Gasteiger partial charge in [-0.15, -0.1) is 12.4 Å². The van der Waals surface area contributed by atoms with Gasteiger partial charge in [0.2, 0.25) is 0 Å². The van der Waals surface area contributed by atoms with Crippen LogP contribution in [0.2, 0.25) is 0 Å². The van der Waals surface area contributed by atoms with Crippen molar-refractivity contribution in [2.75, 3.05) is 13.1 Å². The van der Waals surface area contributed by atoms with Crippen molar-refractivity contribution in [3.8, 4) is 0 Å². The molecule has 100 valence electrons. The Labute approximate surface area is 122 Å². The molecule has 2 N–H and O–H groups in total. The average Bonchev–Trinajstić information content (AvgIpc) is 2.29. The quantitative estimate of drug-likeness (QED) is 0.874. The van der Waals surface area contributed by atoms with Gasteiger partial charge in [-0.25, -0.2) is 0 Å². The molecule has 0 aliphatic carbocycles. The first-order valence-electron chi connectivity index (χ1n) is 5.88. The van der Waals surface area contributed by atoms with E-state index in [0.29, 0.717) is 5.56 Å². The van der Waals surface area contributed by atoms with Crippen LogP contribution >= 0.6 is 28.3 Å². The Hall–Kier alpha value is -0.580. The predicted molar refractivity (Wildman–Crippen MR) is 79.4 cm³/mol. The van der Waals surface area contributed by atoms with Gasteiger partial charge in [-0.2, -0.15) is 0 Å². The van der Waals surface area contributed by atoms with Crippen molar-refractivity contribution < 1.29 is 4.79 Å². The lowest BCUT2D eigenvalue weighted by atomic mass is 9.90. The van der Waals surface area contributed by atoms with E-state index in [1.54, 1.807) is 0 Å². The number of carbonyl (C=O) groups is 1. The maximum Gasteiger partial charge on any atom is 0.252 e. The number of rotatable bonds is 2. The largest absolute Gasteiger partial charge is 0.347 e. The van der Waals surface area contributed by atoms with E-state index in [9.17, 15) is 4.79 Å². The number of amides is 1. The Kier molecular flexibility index (Phi) is 5.63. The smallest absolute Gasteiger partial charge is 0.252 e. The van der Waals surface area contributed by atoms with Crippen molar-refractivity contribution in [1.29, 1.82) is 0 Å². The number of carbonyl (C=O) groups excluding carboxylic acids is 1. The maximum absolute atomic E-state index is 12.2. The van der Waals surface area contributed by atoms with Crippen LogP contribution in [0.15, 0.2) is 28.7 Å². The van der Waals surface area contributed by atoms with Crippen molar-refractivity contribution in [3.05, 3.63) is 34.3 Å². The lowest BCUT2D eigenvalue weighted by Gasteiger charge is -2.35. The normalized spacial score (nSPS) is 17.7. The summed E-state index contributed by atoms with van der Waals surface area (Å²) in [7, 11) is 0. The van der Waals surface area contributed by atoms with Crippen LogP contribution in [0.4, 0.5) is 0 Å². The summed E-state index contributed by atoms with van der Waals surface area (Å²) in [5.41, 5.74) is 0.615. The fourth-order valence-electron chi connectivity index (χ4n) is 2.09. The second-order valence-electron chi connectivity index (χ2n) is 4.74. The van der Waals surface area contributed by atoms with E-state index >= 15 is 0 Å². The summed E-state index contributed by atoms with van der Waals surface area (Å²) < 4.78 is 0.843.